The molecule has 1 amide bonds. The van der Waals surface area contributed by atoms with Crippen LogP contribution >= 0.6 is 0 Å². The van der Waals surface area contributed by atoms with Crippen LogP contribution in [0, 0.1) is 6.92 Å². The van der Waals surface area contributed by atoms with Gasteiger partial charge in [0.05, 0.1) is 13.4 Å². The lowest BCUT2D eigenvalue weighted by Gasteiger charge is -2.22. The molecule has 0 N–H and O–H groups in total. The first-order chi connectivity index (χ1) is 9.45. The van der Waals surface area contributed by atoms with E-state index in [1.807, 2.05) is 25.9 Å². The van der Waals surface area contributed by atoms with Gasteiger partial charge >= 0.3 is 5.97 Å². The summed E-state index contributed by atoms with van der Waals surface area (Å²) in [7, 11) is 5.21. The van der Waals surface area contributed by atoms with Crippen LogP contribution < -0.4 is 0 Å². The monoisotopic (exact) mass is 280 g/mol. The molecule has 1 fully saturated rings. The standard InChI is InChI=1S/C14H20N2O4/c1-9-5-6-20-12(9)13(17)16-8-10(15(2)3)7-11(16)14(18)19-4/h5-6,10-11H,7-8H2,1-4H3/t10-,11+/m1/s1. The maximum atomic E-state index is 12.5. The smallest absolute Gasteiger partial charge is 0.328 e. The van der Waals surface area contributed by atoms with E-state index in [2.05, 4.69) is 0 Å². The van der Waals surface area contributed by atoms with Crippen LogP contribution in [0.25, 0.3) is 0 Å². The Balaban J connectivity index is 2.25. The topological polar surface area (TPSA) is 63.0 Å². The van der Waals surface area contributed by atoms with Crippen molar-refractivity contribution in [2.75, 3.05) is 27.7 Å². The van der Waals surface area contributed by atoms with Gasteiger partial charge in [-0.15, -0.1) is 0 Å². The van der Waals surface area contributed by atoms with Crippen molar-refractivity contribution in [2.45, 2.75) is 25.4 Å². The van der Waals surface area contributed by atoms with Gasteiger partial charge in [-0.1, -0.05) is 0 Å². The molecule has 1 aliphatic heterocycles. The zero-order chi connectivity index (χ0) is 14.9. The third-order valence-electron chi connectivity index (χ3n) is 3.80. The van der Waals surface area contributed by atoms with Crippen molar-refractivity contribution in [3.63, 3.8) is 0 Å². The highest BCUT2D eigenvalue weighted by molar-refractivity contribution is 5.96. The maximum Gasteiger partial charge on any atom is 0.328 e. The Morgan fingerprint density at radius 2 is 2.15 bits per heavy atom. The fraction of sp³-hybridized carbons (Fsp3) is 0.571. The van der Waals surface area contributed by atoms with E-state index in [1.165, 1.54) is 13.4 Å². The molecule has 0 aliphatic carbocycles. The molecule has 1 saturated heterocycles. The molecule has 0 unspecified atom stereocenters. The molecule has 1 aliphatic rings. The van der Waals surface area contributed by atoms with Crippen molar-refractivity contribution in [3.05, 3.63) is 23.7 Å². The van der Waals surface area contributed by atoms with Crippen molar-refractivity contribution >= 4 is 11.9 Å². The third-order valence-corrected chi connectivity index (χ3v) is 3.80. The summed E-state index contributed by atoms with van der Waals surface area (Å²) in [5.74, 6) is -0.350. The number of carbonyl (C=O) groups is 2. The van der Waals surface area contributed by atoms with Crippen molar-refractivity contribution in [3.8, 4) is 0 Å². The molecule has 1 aromatic heterocycles. The minimum atomic E-state index is -0.551. The van der Waals surface area contributed by atoms with E-state index in [0.29, 0.717) is 18.7 Å². The lowest BCUT2D eigenvalue weighted by molar-refractivity contribution is -0.145. The van der Waals surface area contributed by atoms with Gasteiger partial charge in [0, 0.05) is 18.2 Å². The van der Waals surface area contributed by atoms with E-state index in [4.69, 9.17) is 9.15 Å². The molecule has 110 valence electrons. The lowest BCUT2D eigenvalue weighted by Crippen LogP contribution is -2.41. The average molecular weight is 280 g/mol. The Bertz CT molecular complexity index is 509. The number of likely N-dealkylation sites (N-methyl/N-ethyl adjacent to an activating group) is 1. The number of aryl methyl sites for hydroxylation is 1. The van der Waals surface area contributed by atoms with Crippen LogP contribution in [-0.4, -0.2) is 61.5 Å². The fourth-order valence-corrected chi connectivity index (χ4v) is 2.49. The zero-order valence-corrected chi connectivity index (χ0v) is 12.3. The number of amides is 1. The second-order valence-corrected chi connectivity index (χ2v) is 5.28. The second-order valence-electron chi connectivity index (χ2n) is 5.28. The van der Waals surface area contributed by atoms with E-state index >= 15 is 0 Å². The molecule has 20 heavy (non-hydrogen) atoms. The Morgan fingerprint density at radius 1 is 1.45 bits per heavy atom. The minimum Gasteiger partial charge on any atom is -0.467 e. The molecule has 0 radical (unpaired) electrons. The van der Waals surface area contributed by atoms with Crippen molar-refractivity contribution in [1.29, 1.82) is 0 Å². The van der Waals surface area contributed by atoms with E-state index in [1.54, 1.807) is 11.0 Å². The van der Waals surface area contributed by atoms with Gasteiger partial charge in [0.15, 0.2) is 5.76 Å². The quantitative estimate of drug-likeness (QED) is 0.770. The van der Waals surface area contributed by atoms with E-state index in [0.717, 1.165) is 5.56 Å². The summed E-state index contributed by atoms with van der Waals surface area (Å²) in [6.45, 7) is 2.30. The number of furan rings is 1. The number of rotatable bonds is 3. The number of nitrogens with zero attached hydrogens (tertiary/aromatic N) is 2. The van der Waals surface area contributed by atoms with Gasteiger partial charge in [0.1, 0.15) is 6.04 Å². The van der Waals surface area contributed by atoms with Gasteiger partial charge in [0.2, 0.25) is 0 Å². The molecule has 2 atom stereocenters. The largest absolute Gasteiger partial charge is 0.467 e. The first kappa shape index (κ1) is 14.6. The number of carbonyl (C=O) groups excluding carboxylic acids is 2. The van der Waals surface area contributed by atoms with Gasteiger partial charge in [-0.3, -0.25) is 4.79 Å². The molecular weight excluding hydrogens is 260 g/mol. The number of esters is 1. The van der Waals surface area contributed by atoms with Crippen LogP contribution in [0.5, 0.6) is 0 Å². The van der Waals surface area contributed by atoms with Gasteiger partial charge in [0.25, 0.3) is 5.91 Å². The van der Waals surface area contributed by atoms with Crippen LogP contribution in [0.1, 0.15) is 22.5 Å². The van der Waals surface area contributed by atoms with Gasteiger partial charge < -0.3 is 19.0 Å². The maximum absolute atomic E-state index is 12.5. The molecule has 2 rings (SSSR count). The number of likely N-dealkylation sites (tertiary alicyclic amines) is 1. The fourth-order valence-electron chi connectivity index (χ4n) is 2.49. The van der Waals surface area contributed by atoms with Crippen LogP contribution in [-0.2, 0) is 9.53 Å². The zero-order valence-electron chi connectivity index (χ0n) is 12.3. The van der Waals surface area contributed by atoms with Gasteiger partial charge in [-0.05, 0) is 33.5 Å². The predicted molar refractivity (Wildman–Crippen MR) is 72.4 cm³/mol. The summed E-state index contributed by atoms with van der Waals surface area (Å²) in [4.78, 5) is 28.0. The van der Waals surface area contributed by atoms with Crippen LogP contribution in [0.2, 0.25) is 0 Å². The van der Waals surface area contributed by atoms with Gasteiger partial charge in [-0.25, -0.2) is 4.79 Å². The van der Waals surface area contributed by atoms with Crippen LogP contribution in [0.3, 0.4) is 0 Å². The SMILES string of the molecule is COC(=O)[C@@H]1C[C@@H](N(C)C)CN1C(=O)c1occc1C. The number of hydrogen-bond acceptors (Lipinski definition) is 5. The summed E-state index contributed by atoms with van der Waals surface area (Å²) in [6.07, 6.45) is 2.06. The normalized spacial score (nSPS) is 22.4. The average Bonchev–Trinajstić information content (AvgIpc) is 3.03. The summed E-state index contributed by atoms with van der Waals surface area (Å²) < 4.78 is 10.0. The lowest BCUT2D eigenvalue weighted by atomic mass is 10.1. The summed E-state index contributed by atoms with van der Waals surface area (Å²) in [6, 6.07) is 1.32. The Morgan fingerprint density at radius 3 is 2.65 bits per heavy atom. The number of methoxy groups -OCH3 is 1. The molecule has 0 spiro atoms. The number of hydrogen-bond donors (Lipinski definition) is 0. The molecule has 0 bridgehead atoms. The van der Waals surface area contributed by atoms with Crippen LogP contribution in [0.15, 0.2) is 16.7 Å². The summed E-state index contributed by atoms with van der Waals surface area (Å²) >= 11 is 0. The Kier molecular flexibility index (Phi) is 4.13. The third kappa shape index (κ3) is 2.56. The molecule has 2 heterocycles. The highest BCUT2D eigenvalue weighted by Gasteiger charge is 2.42. The first-order valence-electron chi connectivity index (χ1n) is 6.55. The molecule has 6 nitrogen and oxygen atoms in total. The number of ether oxygens (including phenoxy) is 1. The van der Waals surface area contributed by atoms with Crippen molar-refractivity contribution in [2.24, 2.45) is 0 Å². The second kappa shape index (κ2) is 5.66. The van der Waals surface area contributed by atoms with E-state index in [-0.39, 0.29) is 17.9 Å². The van der Waals surface area contributed by atoms with Crippen molar-refractivity contribution < 1.29 is 18.7 Å². The Labute approximate surface area is 118 Å². The van der Waals surface area contributed by atoms with E-state index < -0.39 is 6.04 Å². The summed E-state index contributed by atoms with van der Waals surface area (Å²) in [5, 5.41) is 0. The highest BCUT2D eigenvalue weighted by atomic mass is 16.5. The predicted octanol–water partition coefficient (Wildman–Crippen LogP) is 0.906. The van der Waals surface area contributed by atoms with Crippen molar-refractivity contribution in [1.82, 2.24) is 9.80 Å². The van der Waals surface area contributed by atoms with E-state index in [9.17, 15) is 9.59 Å². The van der Waals surface area contributed by atoms with Crippen LogP contribution in [0.4, 0.5) is 0 Å². The highest BCUT2D eigenvalue weighted by Crippen LogP contribution is 2.25. The first-order valence-corrected chi connectivity index (χ1v) is 6.55. The molecule has 6 heteroatoms. The minimum absolute atomic E-state index is 0.137. The van der Waals surface area contributed by atoms with Gasteiger partial charge in [-0.2, -0.15) is 0 Å². The summed E-state index contributed by atoms with van der Waals surface area (Å²) in [5.41, 5.74) is 0.770. The molecule has 0 saturated carbocycles. The Hall–Kier alpha value is -1.82. The molecule has 1 aromatic rings. The molecular formula is C14H20N2O4. The molecule has 0 aromatic carbocycles.